The van der Waals surface area contributed by atoms with E-state index in [9.17, 15) is 4.79 Å². The molecular formula is C20H21N3O3S2. The van der Waals surface area contributed by atoms with Crippen LogP contribution in [0.5, 0.6) is 11.5 Å². The second kappa shape index (κ2) is 10.1. The van der Waals surface area contributed by atoms with Gasteiger partial charge in [-0.15, -0.1) is 10.2 Å². The molecule has 0 spiro atoms. The van der Waals surface area contributed by atoms with Crippen LogP contribution in [0.2, 0.25) is 0 Å². The van der Waals surface area contributed by atoms with Crippen molar-refractivity contribution in [2.45, 2.75) is 10.8 Å². The van der Waals surface area contributed by atoms with Crippen LogP contribution in [0.1, 0.15) is 15.9 Å². The number of methoxy groups -OCH3 is 2. The number of benzene rings is 2. The van der Waals surface area contributed by atoms with Gasteiger partial charge in [-0.3, -0.25) is 4.79 Å². The smallest absolute Gasteiger partial charge is 0.206 e. The molecule has 6 nitrogen and oxygen atoms in total. The van der Waals surface area contributed by atoms with Gasteiger partial charge in [-0.25, -0.2) is 0 Å². The SMILES string of the molecule is COc1ccc(CCNc2nnc(SCC(=O)c3ccccc3)s2)cc1OC. The zero-order chi connectivity index (χ0) is 19.8. The number of aromatic nitrogens is 2. The van der Waals surface area contributed by atoms with E-state index < -0.39 is 0 Å². The first-order valence-corrected chi connectivity index (χ1v) is 10.5. The summed E-state index contributed by atoms with van der Waals surface area (Å²) in [5.74, 6) is 1.88. The van der Waals surface area contributed by atoms with Crippen molar-refractivity contribution in [3.63, 3.8) is 0 Å². The molecule has 1 aromatic heterocycles. The summed E-state index contributed by atoms with van der Waals surface area (Å²) in [4.78, 5) is 12.2. The van der Waals surface area contributed by atoms with E-state index in [1.54, 1.807) is 14.2 Å². The van der Waals surface area contributed by atoms with Crippen LogP contribution in [-0.2, 0) is 6.42 Å². The maximum Gasteiger partial charge on any atom is 0.206 e. The molecule has 0 amide bonds. The van der Waals surface area contributed by atoms with Gasteiger partial charge in [-0.2, -0.15) is 0 Å². The second-order valence-corrected chi connectivity index (χ2v) is 8.02. The lowest BCUT2D eigenvalue weighted by molar-refractivity contribution is 0.102. The molecule has 3 aromatic rings. The molecule has 0 saturated carbocycles. The lowest BCUT2D eigenvalue weighted by atomic mass is 10.1. The Labute approximate surface area is 172 Å². The third-order valence-electron chi connectivity index (χ3n) is 3.97. The van der Waals surface area contributed by atoms with Gasteiger partial charge >= 0.3 is 0 Å². The van der Waals surface area contributed by atoms with Gasteiger partial charge in [0.2, 0.25) is 5.13 Å². The Hall–Kier alpha value is -2.58. The molecule has 0 unspecified atom stereocenters. The highest BCUT2D eigenvalue weighted by Crippen LogP contribution is 2.28. The molecule has 0 saturated heterocycles. The minimum atomic E-state index is 0.0868. The number of rotatable bonds is 10. The Morgan fingerprint density at radius 2 is 1.86 bits per heavy atom. The fraction of sp³-hybridized carbons (Fsp3) is 0.250. The number of carbonyl (C=O) groups is 1. The fourth-order valence-corrected chi connectivity index (χ4v) is 4.20. The summed E-state index contributed by atoms with van der Waals surface area (Å²) < 4.78 is 11.4. The highest BCUT2D eigenvalue weighted by Gasteiger charge is 2.10. The quantitative estimate of drug-likeness (QED) is 0.393. The molecule has 146 valence electrons. The van der Waals surface area contributed by atoms with Crippen LogP contribution in [0.4, 0.5) is 5.13 Å². The number of nitrogens with zero attached hydrogens (tertiary/aromatic N) is 2. The number of anilines is 1. The monoisotopic (exact) mass is 415 g/mol. The van der Waals surface area contributed by atoms with Crippen LogP contribution in [0.25, 0.3) is 0 Å². The van der Waals surface area contributed by atoms with Gasteiger partial charge in [0.05, 0.1) is 20.0 Å². The van der Waals surface area contributed by atoms with Gasteiger partial charge in [-0.1, -0.05) is 59.5 Å². The number of carbonyl (C=O) groups excluding carboxylic acids is 1. The van der Waals surface area contributed by atoms with E-state index in [-0.39, 0.29) is 5.78 Å². The van der Waals surface area contributed by atoms with Crippen molar-refractivity contribution in [3.8, 4) is 11.5 Å². The molecule has 0 bridgehead atoms. The molecule has 8 heteroatoms. The van der Waals surface area contributed by atoms with Gasteiger partial charge in [0, 0.05) is 12.1 Å². The molecule has 1 N–H and O–H groups in total. The highest BCUT2D eigenvalue weighted by molar-refractivity contribution is 8.01. The zero-order valence-corrected chi connectivity index (χ0v) is 17.3. The standard InChI is InChI=1S/C20H21N3O3S2/c1-25-17-9-8-14(12-18(17)26-2)10-11-21-19-22-23-20(28-19)27-13-16(24)15-6-4-3-5-7-15/h3-9,12H,10-11,13H2,1-2H3,(H,21,22). The van der Waals surface area contributed by atoms with Crippen molar-refractivity contribution in [1.82, 2.24) is 10.2 Å². The van der Waals surface area contributed by atoms with E-state index in [2.05, 4.69) is 15.5 Å². The van der Waals surface area contributed by atoms with Crippen molar-refractivity contribution in [1.29, 1.82) is 0 Å². The van der Waals surface area contributed by atoms with Crippen LogP contribution < -0.4 is 14.8 Å². The van der Waals surface area contributed by atoms with E-state index in [1.165, 1.54) is 23.1 Å². The number of hydrogen-bond acceptors (Lipinski definition) is 8. The molecule has 1 heterocycles. The van der Waals surface area contributed by atoms with Crippen LogP contribution in [0, 0.1) is 0 Å². The molecule has 0 radical (unpaired) electrons. The Morgan fingerprint density at radius 3 is 2.61 bits per heavy atom. The molecule has 0 atom stereocenters. The Bertz CT molecular complexity index is 916. The Morgan fingerprint density at radius 1 is 1.07 bits per heavy atom. The van der Waals surface area contributed by atoms with E-state index in [4.69, 9.17) is 9.47 Å². The van der Waals surface area contributed by atoms with E-state index in [0.29, 0.717) is 11.3 Å². The van der Waals surface area contributed by atoms with Crippen LogP contribution in [0.15, 0.2) is 52.9 Å². The molecule has 2 aromatic carbocycles. The molecule has 28 heavy (non-hydrogen) atoms. The summed E-state index contributed by atoms with van der Waals surface area (Å²) in [5, 5.41) is 12.3. The summed E-state index contributed by atoms with van der Waals surface area (Å²) in [5.41, 5.74) is 1.85. The van der Waals surface area contributed by atoms with E-state index in [0.717, 1.165) is 39.5 Å². The number of Topliss-reactive ketones (excluding diaryl/α,β-unsaturated/α-hetero) is 1. The minimum Gasteiger partial charge on any atom is -0.493 e. The highest BCUT2D eigenvalue weighted by atomic mass is 32.2. The lowest BCUT2D eigenvalue weighted by Crippen LogP contribution is -2.04. The maximum atomic E-state index is 12.2. The van der Waals surface area contributed by atoms with Gasteiger partial charge in [0.1, 0.15) is 0 Å². The number of ketones is 1. The second-order valence-electron chi connectivity index (χ2n) is 5.82. The third-order valence-corrected chi connectivity index (χ3v) is 5.98. The van der Waals surface area contributed by atoms with Crippen molar-refractivity contribution in [3.05, 3.63) is 59.7 Å². The zero-order valence-electron chi connectivity index (χ0n) is 15.7. The summed E-state index contributed by atoms with van der Waals surface area (Å²) in [6, 6.07) is 15.2. The number of nitrogens with one attached hydrogen (secondary N) is 1. The summed E-state index contributed by atoms with van der Waals surface area (Å²) in [6.45, 7) is 0.720. The first-order chi connectivity index (χ1) is 13.7. The third kappa shape index (κ3) is 5.46. The number of ether oxygens (including phenoxy) is 2. The van der Waals surface area contributed by atoms with Gasteiger partial charge in [-0.05, 0) is 24.1 Å². The van der Waals surface area contributed by atoms with Crippen LogP contribution >= 0.6 is 23.1 Å². The molecule has 0 fully saturated rings. The first kappa shape index (κ1) is 20.2. The summed E-state index contributed by atoms with van der Waals surface area (Å²) in [6.07, 6.45) is 0.814. The fourth-order valence-electron chi connectivity index (χ4n) is 2.52. The van der Waals surface area contributed by atoms with Crippen molar-refractivity contribution < 1.29 is 14.3 Å². The average molecular weight is 416 g/mol. The average Bonchev–Trinajstić information content (AvgIpc) is 3.20. The summed E-state index contributed by atoms with van der Waals surface area (Å²) >= 11 is 2.86. The number of thioether (sulfide) groups is 1. The van der Waals surface area contributed by atoms with Crippen LogP contribution in [0.3, 0.4) is 0 Å². The van der Waals surface area contributed by atoms with Crippen molar-refractivity contribution >= 4 is 34.0 Å². The van der Waals surface area contributed by atoms with Gasteiger partial charge in [0.25, 0.3) is 0 Å². The van der Waals surface area contributed by atoms with Crippen LogP contribution in [-0.4, -0.2) is 42.5 Å². The lowest BCUT2D eigenvalue weighted by Gasteiger charge is -2.09. The first-order valence-electron chi connectivity index (χ1n) is 8.69. The van der Waals surface area contributed by atoms with E-state index >= 15 is 0 Å². The molecule has 0 aliphatic carbocycles. The maximum absolute atomic E-state index is 12.2. The molecule has 0 aliphatic rings. The Balaban J connectivity index is 1.46. The molecular weight excluding hydrogens is 394 g/mol. The normalized spacial score (nSPS) is 10.5. The van der Waals surface area contributed by atoms with Crippen molar-refractivity contribution in [2.75, 3.05) is 31.8 Å². The topological polar surface area (TPSA) is 73.3 Å². The minimum absolute atomic E-state index is 0.0868. The van der Waals surface area contributed by atoms with Gasteiger partial charge < -0.3 is 14.8 Å². The largest absolute Gasteiger partial charge is 0.493 e. The van der Waals surface area contributed by atoms with E-state index in [1.807, 2.05) is 48.5 Å². The predicted octanol–water partition coefficient (Wildman–Crippen LogP) is 4.18. The van der Waals surface area contributed by atoms with Gasteiger partial charge in [0.15, 0.2) is 21.6 Å². The predicted molar refractivity (Wildman–Crippen MR) is 113 cm³/mol. The number of hydrogen-bond donors (Lipinski definition) is 1. The summed E-state index contributed by atoms with van der Waals surface area (Å²) in [7, 11) is 3.25. The molecule has 0 aliphatic heterocycles. The Kier molecular flexibility index (Phi) is 7.27. The molecule has 3 rings (SSSR count). The van der Waals surface area contributed by atoms with Crippen molar-refractivity contribution in [2.24, 2.45) is 0 Å².